The quantitative estimate of drug-likeness (QED) is 0.490. The van der Waals surface area contributed by atoms with E-state index < -0.39 is 20.0 Å². The molecule has 1 rings (SSSR count). The Labute approximate surface area is 124 Å². The standard InChI is InChI=1S/C16H28O3Si/c1-16(2)18-11-10-15(19-16)13-14(17)9-7-6-8-12-20(3,4)5/h13-14,17H,6-7,9-11H2,1-5H3/b15-13+. The van der Waals surface area contributed by atoms with E-state index in [4.69, 9.17) is 9.47 Å². The van der Waals surface area contributed by atoms with E-state index in [1.807, 2.05) is 19.9 Å². The molecule has 1 saturated heterocycles. The number of rotatable bonds is 4. The molecule has 20 heavy (non-hydrogen) atoms. The largest absolute Gasteiger partial charge is 0.467 e. The molecule has 1 heterocycles. The van der Waals surface area contributed by atoms with Crippen molar-refractivity contribution in [1.29, 1.82) is 0 Å². The van der Waals surface area contributed by atoms with Crippen molar-refractivity contribution in [2.45, 2.75) is 71.1 Å². The maximum Gasteiger partial charge on any atom is 0.204 e. The Kier molecular flexibility index (Phi) is 6.31. The lowest BCUT2D eigenvalue weighted by Crippen LogP contribution is -2.33. The van der Waals surface area contributed by atoms with Crippen molar-refractivity contribution in [3.8, 4) is 11.5 Å². The molecule has 1 aliphatic rings. The maximum absolute atomic E-state index is 9.99. The van der Waals surface area contributed by atoms with Gasteiger partial charge in [-0.2, -0.15) is 0 Å². The van der Waals surface area contributed by atoms with Gasteiger partial charge in [-0.1, -0.05) is 19.6 Å². The summed E-state index contributed by atoms with van der Waals surface area (Å²) in [6, 6.07) is 0. The van der Waals surface area contributed by atoms with Crippen LogP contribution in [0.2, 0.25) is 19.6 Å². The van der Waals surface area contributed by atoms with Gasteiger partial charge >= 0.3 is 0 Å². The van der Waals surface area contributed by atoms with E-state index in [9.17, 15) is 5.11 Å². The van der Waals surface area contributed by atoms with Crippen molar-refractivity contribution < 1.29 is 14.6 Å². The van der Waals surface area contributed by atoms with Gasteiger partial charge in [0.15, 0.2) is 0 Å². The zero-order valence-electron chi connectivity index (χ0n) is 13.5. The minimum absolute atomic E-state index is 0.451. The lowest BCUT2D eigenvalue weighted by atomic mass is 10.1. The van der Waals surface area contributed by atoms with E-state index in [0.29, 0.717) is 6.61 Å². The first-order chi connectivity index (χ1) is 9.18. The molecule has 0 aromatic heterocycles. The highest BCUT2D eigenvalue weighted by molar-refractivity contribution is 6.83. The van der Waals surface area contributed by atoms with Crippen LogP contribution in [0.15, 0.2) is 11.8 Å². The lowest BCUT2D eigenvalue weighted by Gasteiger charge is -2.33. The van der Waals surface area contributed by atoms with Crippen LogP contribution in [0.5, 0.6) is 0 Å². The highest BCUT2D eigenvalue weighted by Crippen LogP contribution is 2.25. The van der Waals surface area contributed by atoms with Crippen LogP contribution in [0, 0.1) is 11.5 Å². The van der Waals surface area contributed by atoms with Crippen LogP contribution in [0.4, 0.5) is 0 Å². The number of hydrogen-bond donors (Lipinski definition) is 1. The molecule has 0 amide bonds. The summed E-state index contributed by atoms with van der Waals surface area (Å²) in [4.78, 5) is 0. The summed E-state index contributed by atoms with van der Waals surface area (Å²) in [5.74, 6) is 3.48. The molecule has 4 heteroatoms. The van der Waals surface area contributed by atoms with Crippen LogP contribution in [0.25, 0.3) is 0 Å². The van der Waals surface area contributed by atoms with Gasteiger partial charge in [0.05, 0.1) is 12.7 Å². The van der Waals surface area contributed by atoms with Gasteiger partial charge in [0, 0.05) is 26.7 Å². The molecule has 1 aliphatic heterocycles. The maximum atomic E-state index is 9.99. The third-order valence-corrected chi connectivity index (χ3v) is 3.75. The molecule has 1 atom stereocenters. The van der Waals surface area contributed by atoms with Crippen molar-refractivity contribution in [2.75, 3.05) is 6.61 Å². The summed E-state index contributed by atoms with van der Waals surface area (Å²) in [7, 11) is -1.25. The lowest BCUT2D eigenvalue weighted by molar-refractivity contribution is -0.217. The Balaban J connectivity index is 2.32. The van der Waals surface area contributed by atoms with E-state index in [2.05, 4.69) is 31.1 Å². The van der Waals surface area contributed by atoms with Crippen LogP contribution in [-0.4, -0.2) is 31.7 Å². The Morgan fingerprint density at radius 1 is 1.40 bits per heavy atom. The second kappa shape index (κ2) is 7.30. The highest BCUT2D eigenvalue weighted by Gasteiger charge is 2.26. The van der Waals surface area contributed by atoms with E-state index in [0.717, 1.165) is 31.4 Å². The predicted molar refractivity (Wildman–Crippen MR) is 84.8 cm³/mol. The van der Waals surface area contributed by atoms with Gasteiger partial charge in [0.2, 0.25) is 5.79 Å². The number of ether oxygens (including phenoxy) is 2. The first-order valence-electron chi connectivity index (χ1n) is 7.40. The molecule has 0 radical (unpaired) electrons. The second-order valence-electron chi connectivity index (χ2n) is 6.74. The van der Waals surface area contributed by atoms with Crippen LogP contribution in [0.1, 0.15) is 39.5 Å². The van der Waals surface area contributed by atoms with Crippen LogP contribution in [0.3, 0.4) is 0 Å². The Morgan fingerprint density at radius 3 is 2.70 bits per heavy atom. The normalized spacial score (nSPS) is 21.8. The van der Waals surface area contributed by atoms with Crippen LogP contribution in [-0.2, 0) is 9.47 Å². The average molecular weight is 296 g/mol. The zero-order chi connectivity index (χ0) is 15.2. The van der Waals surface area contributed by atoms with E-state index in [-0.39, 0.29) is 0 Å². The topological polar surface area (TPSA) is 38.7 Å². The zero-order valence-corrected chi connectivity index (χ0v) is 14.5. The first kappa shape index (κ1) is 17.3. The summed E-state index contributed by atoms with van der Waals surface area (Å²) in [5.41, 5.74) is 3.34. The molecule has 114 valence electrons. The molecule has 0 bridgehead atoms. The van der Waals surface area contributed by atoms with Gasteiger partial charge in [-0.15, -0.1) is 11.5 Å². The fraction of sp³-hybridized carbons (Fsp3) is 0.750. The van der Waals surface area contributed by atoms with Crippen molar-refractivity contribution in [2.24, 2.45) is 0 Å². The van der Waals surface area contributed by atoms with E-state index in [1.165, 1.54) is 0 Å². The molecule has 0 spiro atoms. The van der Waals surface area contributed by atoms with Crippen molar-refractivity contribution in [1.82, 2.24) is 0 Å². The highest BCUT2D eigenvalue weighted by atomic mass is 28.3. The fourth-order valence-corrected chi connectivity index (χ4v) is 2.59. The molecule has 1 unspecified atom stereocenters. The van der Waals surface area contributed by atoms with Gasteiger partial charge in [-0.05, 0) is 18.9 Å². The summed E-state index contributed by atoms with van der Waals surface area (Å²) in [5, 5.41) is 9.99. The molecule has 0 saturated carbocycles. The monoisotopic (exact) mass is 296 g/mol. The van der Waals surface area contributed by atoms with Crippen LogP contribution < -0.4 is 0 Å². The van der Waals surface area contributed by atoms with Gasteiger partial charge < -0.3 is 14.6 Å². The van der Waals surface area contributed by atoms with Crippen molar-refractivity contribution >= 4 is 8.07 Å². The minimum Gasteiger partial charge on any atom is -0.467 e. The molecule has 0 aromatic rings. The molecular formula is C16H28O3Si. The van der Waals surface area contributed by atoms with Crippen molar-refractivity contribution in [3.05, 3.63) is 11.8 Å². The molecular weight excluding hydrogens is 268 g/mol. The third kappa shape index (κ3) is 7.74. The molecule has 0 aliphatic carbocycles. The van der Waals surface area contributed by atoms with Crippen LogP contribution >= 0.6 is 0 Å². The Morgan fingerprint density at radius 2 is 2.10 bits per heavy atom. The summed E-state index contributed by atoms with van der Waals surface area (Å²) in [6.07, 6.45) is 4.61. The third-order valence-electron chi connectivity index (χ3n) is 2.82. The first-order valence-corrected chi connectivity index (χ1v) is 10.9. The predicted octanol–water partition coefficient (Wildman–Crippen LogP) is 3.46. The number of aliphatic hydroxyl groups excluding tert-OH is 1. The molecule has 0 aromatic carbocycles. The fourth-order valence-electron chi connectivity index (χ4n) is 1.94. The Hall–Kier alpha value is -0.763. The molecule has 3 nitrogen and oxygen atoms in total. The molecule has 1 fully saturated rings. The summed E-state index contributed by atoms with van der Waals surface area (Å²) in [6.45, 7) is 11.1. The average Bonchev–Trinajstić information content (AvgIpc) is 2.25. The van der Waals surface area contributed by atoms with E-state index >= 15 is 0 Å². The summed E-state index contributed by atoms with van der Waals surface area (Å²) < 4.78 is 11.1. The van der Waals surface area contributed by atoms with Gasteiger partial charge in [-0.3, -0.25) is 0 Å². The summed E-state index contributed by atoms with van der Waals surface area (Å²) >= 11 is 0. The van der Waals surface area contributed by atoms with Gasteiger partial charge in [0.1, 0.15) is 13.8 Å². The van der Waals surface area contributed by atoms with Gasteiger partial charge in [-0.25, -0.2) is 0 Å². The number of unbranched alkanes of at least 4 members (excludes halogenated alkanes) is 1. The van der Waals surface area contributed by atoms with Gasteiger partial charge in [0.25, 0.3) is 0 Å². The number of hydrogen-bond acceptors (Lipinski definition) is 3. The smallest absolute Gasteiger partial charge is 0.204 e. The Bertz CT molecular complexity index is 396. The second-order valence-corrected chi connectivity index (χ2v) is 11.5. The van der Waals surface area contributed by atoms with E-state index in [1.54, 1.807) is 0 Å². The SMILES string of the molecule is CC1(C)OCC/C(=C\C(O)CCCC#C[Si](C)(C)C)O1. The number of aliphatic hydroxyl groups is 1. The minimum atomic E-state index is -1.25. The van der Waals surface area contributed by atoms with Crippen molar-refractivity contribution in [3.63, 3.8) is 0 Å². The molecule has 1 N–H and O–H groups in total.